The largest absolute Gasteiger partial charge is 0.384 e. The molecule has 31 heavy (non-hydrogen) atoms. The van der Waals surface area contributed by atoms with Gasteiger partial charge in [-0.15, -0.1) is 0 Å². The third kappa shape index (κ3) is 6.12. The summed E-state index contributed by atoms with van der Waals surface area (Å²) < 4.78 is 26.7. The maximum absolute atomic E-state index is 12.4. The Hall–Kier alpha value is -3.24. The van der Waals surface area contributed by atoms with Gasteiger partial charge in [0.15, 0.2) is 0 Å². The number of amides is 2. The summed E-state index contributed by atoms with van der Waals surface area (Å²) in [6, 6.07) is 15.0. The first-order chi connectivity index (χ1) is 14.7. The van der Waals surface area contributed by atoms with Crippen LogP contribution in [0.4, 0.5) is 0 Å². The van der Waals surface area contributed by atoms with E-state index in [4.69, 9.17) is 11.1 Å². The van der Waals surface area contributed by atoms with Gasteiger partial charge >= 0.3 is 0 Å². The van der Waals surface area contributed by atoms with Gasteiger partial charge in [-0.2, -0.15) is 0 Å². The van der Waals surface area contributed by atoms with Crippen molar-refractivity contribution >= 4 is 27.7 Å². The molecule has 10 heteroatoms. The lowest BCUT2D eigenvalue weighted by molar-refractivity contribution is -0.146. The summed E-state index contributed by atoms with van der Waals surface area (Å²) in [5.41, 5.74) is 7.48. The smallest absolute Gasteiger partial charge is 0.243 e. The lowest BCUT2D eigenvalue weighted by Crippen LogP contribution is -2.59. The van der Waals surface area contributed by atoms with Crippen LogP contribution in [0.2, 0.25) is 0 Å². The molecule has 2 amide bonds. The van der Waals surface area contributed by atoms with Gasteiger partial charge in [0.1, 0.15) is 11.9 Å². The van der Waals surface area contributed by atoms with Crippen molar-refractivity contribution in [2.45, 2.75) is 24.8 Å². The molecule has 1 saturated heterocycles. The maximum atomic E-state index is 12.4. The molecule has 0 radical (unpaired) electrons. The van der Waals surface area contributed by atoms with Crippen LogP contribution in [0, 0.1) is 5.41 Å². The SMILES string of the molecule is N=C(N)c1ccc(CNC(=O)C2CCN2C(=O)CNS(=O)(=O)Cc2ccccc2)cc1. The number of nitrogen functional groups attached to an aromatic ring is 1. The van der Waals surface area contributed by atoms with E-state index in [1.54, 1.807) is 54.6 Å². The Bertz CT molecular complexity index is 1050. The first-order valence-electron chi connectivity index (χ1n) is 9.77. The second kappa shape index (κ2) is 9.71. The van der Waals surface area contributed by atoms with Crippen LogP contribution in [-0.2, 0) is 31.9 Å². The van der Waals surface area contributed by atoms with E-state index >= 15 is 0 Å². The number of carbonyl (C=O) groups excluding carboxylic acids is 2. The Labute approximate surface area is 181 Å². The van der Waals surface area contributed by atoms with Crippen LogP contribution in [0.25, 0.3) is 0 Å². The first kappa shape index (κ1) is 22.4. The molecule has 5 N–H and O–H groups in total. The standard InChI is InChI=1S/C21H25N5O4S/c22-20(23)17-8-6-15(7-9-17)12-24-21(28)18-10-11-26(18)19(27)13-25-31(29,30)14-16-4-2-1-3-5-16/h1-9,18,25H,10-14H2,(H3,22,23)(H,24,28). The summed E-state index contributed by atoms with van der Waals surface area (Å²) >= 11 is 0. The minimum atomic E-state index is -3.66. The zero-order chi connectivity index (χ0) is 22.4. The number of benzene rings is 2. The molecule has 0 spiro atoms. The minimum Gasteiger partial charge on any atom is -0.384 e. The molecule has 2 aromatic rings. The number of amidine groups is 1. The topological polar surface area (TPSA) is 145 Å². The molecule has 9 nitrogen and oxygen atoms in total. The van der Waals surface area contributed by atoms with Gasteiger partial charge < -0.3 is 16.0 Å². The number of hydrogen-bond acceptors (Lipinski definition) is 5. The highest BCUT2D eigenvalue weighted by molar-refractivity contribution is 7.88. The second-order valence-electron chi connectivity index (χ2n) is 7.29. The summed E-state index contributed by atoms with van der Waals surface area (Å²) in [6.07, 6.45) is 0.525. The first-order valence-corrected chi connectivity index (χ1v) is 11.4. The number of sulfonamides is 1. The molecule has 1 heterocycles. The Morgan fingerprint density at radius 3 is 2.32 bits per heavy atom. The van der Waals surface area contributed by atoms with E-state index in [1.165, 1.54) is 4.90 Å². The molecular weight excluding hydrogens is 418 g/mol. The Morgan fingerprint density at radius 1 is 1.06 bits per heavy atom. The highest BCUT2D eigenvalue weighted by Gasteiger charge is 2.37. The fraction of sp³-hybridized carbons (Fsp3) is 0.286. The van der Waals surface area contributed by atoms with Crippen molar-refractivity contribution in [2.24, 2.45) is 5.73 Å². The number of nitrogens with zero attached hydrogens (tertiary/aromatic N) is 1. The van der Waals surface area contributed by atoms with Gasteiger partial charge in [0.25, 0.3) is 0 Å². The molecule has 1 fully saturated rings. The summed E-state index contributed by atoms with van der Waals surface area (Å²) in [4.78, 5) is 26.2. The van der Waals surface area contributed by atoms with E-state index in [2.05, 4.69) is 10.0 Å². The molecule has 0 aliphatic carbocycles. The van der Waals surface area contributed by atoms with Gasteiger partial charge in [0.2, 0.25) is 21.8 Å². The molecule has 0 aromatic heterocycles. The quantitative estimate of drug-likeness (QED) is 0.325. The second-order valence-corrected chi connectivity index (χ2v) is 9.09. The van der Waals surface area contributed by atoms with E-state index in [1.807, 2.05) is 0 Å². The van der Waals surface area contributed by atoms with Crippen LogP contribution >= 0.6 is 0 Å². The molecule has 3 rings (SSSR count). The molecular formula is C21H25N5O4S. The highest BCUT2D eigenvalue weighted by Crippen LogP contribution is 2.18. The summed E-state index contributed by atoms with van der Waals surface area (Å²) in [5, 5.41) is 10.2. The predicted octanol–water partition coefficient (Wildman–Crippen LogP) is 0.307. The maximum Gasteiger partial charge on any atom is 0.243 e. The Balaban J connectivity index is 1.47. The number of carbonyl (C=O) groups is 2. The normalized spacial score (nSPS) is 15.7. The van der Waals surface area contributed by atoms with Crippen LogP contribution in [0.5, 0.6) is 0 Å². The van der Waals surface area contributed by atoms with Crippen LogP contribution in [0.3, 0.4) is 0 Å². The number of rotatable bonds is 9. The number of likely N-dealkylation sites (tertiary alicyclic amines) is 1. The molecule has 1 aliphatic rings. The lowest BCUT2D eigenvalue weighted by atomic mass is 10.0. The van der Waals surface area contributed by atoms with Crippen LogP contribution in [0.15, 0.2) is 54.6 Å². The van der Waals surface area contributed by atoms with Crippen molar-refractivity contribution in [1.29, 1.82) is 5.41 Å². The van der Waals surface area contributed by atoms with Crippen molar-refractivity contribution in [3.8, 4) is 0 Å². The third-order valence-corrected chi connectivity index (χ3v) is 6.31. The van der Waals surface area contributed by atoms with Crippen molar-refractivity contribution in [2.75, 3.05) is 13.1 Å². The van der Waals surface area contributed by atoms with Gasteiger partial charge in [-0.25, -0.2) is 13.1 Å². The average Bonchev–Trinajstić information content (AvgIpc) is 2.71. The van der Waals surface area contributed by atoms with Crippen molar-refractivity contribution in [1.82, 2.24) is 14.9 Å². The number of nitrogens with one attached hydrogen (secondary N) is 3. The van der Waals surface area contributed by atoms with Gasteiger partial charge in [-0.05, 0) is 17.5 Å². The van der Waals surface area contributed by atoms with Crippen molar-refractivity contribution in [3.05, 3.63) is 71.3 Å². The molecule has 1 unspecified atom stereocenters. The van der Waals surface area contributed by atoms with Crippen molar-refractivity contribution in [3.63, 3.8) is 0 Å². The highest BCUT2D eigenvalue weighted by atomic mass is 32.2. The van der Waals surface area contributed by atoms with E-state index < -0.39 is 22.0 Å². The summed E-state index contributed by atoms with van der Waals surface area (Å²) in [6.45, 7) is 0.301. The zero-order valence-corrected chi connectivity index (χ0v) is 17.7. The van der Waals surface area contributed by atoms with Crippen LogP contribution in [-0.4, -0.2) is 50.1 Å². The Kier molecular flexibility index (Phi) is 7.03. The summed E-state index contributed by atoms with van der Waals surface area (Å²) in [7, 11) is -3.66. The molecule has 0 saturated carbocycles. The molecule has 164 valence electrons. The van der Waals surface area contributed by atoms with Crippen LogP contribution in [0.1, 0.15) is 23.1 Å². The molecule has 2 aromatic carbocycles. The zero-order valence-electron chi connectivity index (χ0n) is 16.9. The Morgan fingerprint density at radius 2 is 1.74 bits per heavy atom. The van der Waals surface area contributed by atoms with E-state index in [-0.39, 0.29) is 30.6 Å². The van der Waals surface area contributed by atoms with E-state index in [0.717, 1.165) is 5.56 Å². The molecule has 0 bridgehead atoms. The van der Waals surface area contributed by atoms with Gasteiger partial charge in [0, 0.05) is 18.7 Å². The summed E-state index contributed by atoms with van der Waals surface area (Å²) in [5.74, 6) is -0.970. The van der Waals surface area contributed by atoms with Gasteiger partial charge in [0.05, 0.1) is 12.3 Å². The molecule has 1 aliphatic heterocycles. The fourth-order valence-corrected chi connectivity index (χ4v) is 4.26. The lowest BCUT2D eigenvalue weighted by Gasteiger charge is -2.39. The van der Waals surface area contributed by atoms with Crippen molar-refractivity contribution < 1.29 is 18.0 Å². The average molecular weight is 444 g/mol. The van der Waals surface area contributed by atoms with E-state index in [9.17, 15) is 18.0 Å². The van der Waals surface area contributed by atoms with Gasteiger partial charge in [-0.3, -0.25) is 15.0 Å². The van der Waals surface area contributed by atoms with Gasteiger partial charge in [-0.1, -0.05) is 54.6 Å². The number of nitrogens with two attached hydrogens (primary N) is 1. The fourth-order valence-electron chi connectivity index (χ4n) is 3.19. The predicted molar refractivity (Wildman–Crippen MR) is 116 cm³/mol. The monoisotopic (exact) mass is 443 g/mol. The van der Waals surface area contributed by atoms with E-state index in [0.29, 0.717) is 24.1 Å². The van der Waals surface area contributed by atoms with Crippen LogP contribution < -0.4 is 15.8 Å². The number of hydrogen-bond donors (Lipinski definition) is 4. The molecule has 1 atom stereocenters. The minimum absolute atomic E-state index is 0.0291. The third-order valence-electron chi connectivity index (χ3n) is 5.02.